The lowest BCUT2D eigenvalue weighted by atomic mass is 9.84. The number of rotatable bonds is 4. The van der Waals surface area contributed by atoms with Crippen molar-refractivity contribution in [1.29, 1.82) is 0 Å². The molecule has 0 aliphatic carbocycles. The summed E-state index contributed by atoms with van der Waals surface area (Å²) in [5, 5.41) is 1.05. The highest BCUT2D eigenvalue weighted by atomic mass is 16.5. The zero-order valence-electron chi connectivity index (χ0n) is 20.0. The zero-order chi connectivity index (χ0) is 24.4. The predicted octanol–water partition coefficient (Wildman–Crippen LogP) is 5.55. The molecule has 0 radical (unpaired) electrons. The summed E-state index contributed by atoms with van der Waals surface area (Å²) in [6.45, 7) is 2.95. The Morgan fingerprint density at radius 3 is 2.26 bits per heavy atom. The van der Waals surface area contributed by atoms with E-state index in [-0.39, 0.29) is 5.91 Å². The van der Waals surface area contributed by atoms with Crippen molar-refractivity contribution in [2.75, 3.05) is 13.7 Å². The van der Waals surface area contributed by atoms with Crippen LogP contribution in [-0.2, 0) is 22.5 Å². The van der Waals surface area contributed by atoms with Crippen LogP contribution < -0.4 is 0 Å². The van der Waals surface area contributed by atoms with Gasteiger partial charge in [0.25, 0.3) is 0 Å². The molecule has 5 nitrogen and oxygen atoms in total. The molecule has 0 saturated carbocycles. The van der Waals surface area contributed by atoms with Gasteiger partial charge in [-0.05, 0) is 29.2 Å². The molecule has 0 amide bonds. The predicted molar refractivity (Wildman–Crippen MR) is 137 cm³/mol. The lowest BCUT2D eigenvalue weighted by Crippen LogP contribution is -2.29. The Morgan fingerprint density at radius 2 is 1.57 bits per heavy atom. The minimum absolute atomic E-state index is 0.0747. The van der Waals surface area contributed by atoms with Crippen LogP contribution in [0.5, 0.6) is 0 Å². The molecule has 1 aromatic heterocycles. The fraction of sp³-hybridized carbons (Fsp3) is 0.200. The molecule has 5 rings (SSSR count). The molecule has 35 heavy (non-hydrogen) atoms. The molecule has 176 valence electrons. The third kappa shape index (κ3) is 4.26. The number of carbonyl (C=O) groups is 2. The van der Waals surface area contributed by atoms with Gasteiger partial charge in [0.1, 0.15) is 0 Å². The Labute approximate surface area is 205 Å². The number of aromatic nitrogens is 1. The molecular weight excluding hydrogens is 436 g/mol. The van der Waals surface area contributed by atoms with Crippen LogP contribution in [0.3, 0.4) is 0 Å². The number of carbonyl (C=O) groups excluding carboxylic acids is 2. The van der Waals surface area contributed by atoms with Gasteiger partial charge in [-0.1, -0.05) is 78.9 Å². The summed E-state index contributed by atoms with van der Waals surface area (Å²) < 4.78 is 7.08. The van der Waals surface area contributed by atoms with Crippen LogP contribution >= 0.6 is 0 Å². The molecule has 1 aliphatic rings. The van der Waals surface area contributed by atoms with Crippen molar-refractivity contribution in [3.8, 4) is 0 Å². The van der Waals surface area contributed by atoms with E-state index in [1.165, 1.54) is 7.11 Å². The third-order valence-electron chi connectivity index (χ3n) is 6.67. The second-order valence-electron chi connectivity index (χ2n) is 8.86. The Morgan fingerprint density at radius 1 is 0.914 bits per heavy atom. The average Bonchev–Trinajstić information content (AvgIpc) is 3.20. The number of nitrogens with zero attached hydrogens (tertiary/aromatic N) is 2. The first kappa shape index (κ1) is 22.7. The summed E-state index contributed by atoms with van der Waals surface area (Å²) in [6, 6.07) is 28.1. The van der Waals surface area contributed by atoms with Crippen molar-refractivity contribution in [3.05, 3.63) is 119 Å². The molecular formula is C30H28N2O3. The number of ether oxygens (including phenoxy) is 1. The number of hydrogen-bond acceptors (Lipinski definition) is 4. The molecule has 0 saturated heterocycles. The topological polar surface area (TPSA) is 51.5 Å². The van der Waals surface area contributed by atoms with E-state index in [1.54, 1.807) is 11.5 Å². The Bertz CT molecular complexity index is 1400. The number of benzene rings is 3. The fourth-order valence-corrected chi connectivity index (χ4v) is 5.18. The highest BCUT2D eigenvalue weighted by Gasteiger charge is 2.34. The molecule has 3 aromatic carbocycles. The molecule has 5 heteroatoms. The van der Waals surface area contributed by atoms with Crippen LogP contribution in [0, 0.1) is 0 Å². The van der Waals surface area contributed by atoms with E-state index in [1.807, 2.05) is 72.9 Å². The fourth-order valence-electron chi connectivity index (χ4n) is 5.18. The van der Waals surface area contributed by atoms with Gasteiger partial charge < -0.3 is 9.64 Å². The largest absolute Gasteiger partial charge is 0.466 e. The monoisotopic (exact) mass is 464 g/mol. The van der Waals surface area contributed by atoms with E-state index in [0.29, 0.717) is 18.7 Å². The second-order valence-corrected chi connectivity index (χ2v) is 8.86. The molecule has 1 aliphatic heterocycles. The van der Waals surface area contributed by atoms with Crippen LogP contribution in [-0.4, -0.2) is 35.0 Å². The summed E-state index contributed by atoms with van der Waals surface area (Å²) in [4.78, 5) is 28.5. The quantitative estimate of drug-likeness (QED) is 0.372. The summed E-state index contributed by atoms with van der Waals surface area (Å²) >= 11 is 0. The van der Waals surface area contributed by atoms with Gasteiger partial charge >= 0.3 is 5.97 Å². The normalized spacial score (nSPS) is 17.1. The maximum atomic E-state index is 13.3. The van der Waals surface area contributed by atoms with Crippen molar-refractivity contribution in [1.82, 2.24) is 9.47 Å². The molecule has 0 spiro atoms. The van der Waals surface area contributed by atoms with E-state index in [2.05, 4.69) is 23.1 Å². The minimum Gasteiger partial charge on any atom is -0.466 e. The van der Waals surface area contributed by atoms with Crippen molar-refractivity contribution in [2.24, 2.45) is 0 Å². The SMILES string of the molecule is COC(=O)/C1=C/N(Cc2ccccc2)CCc2c(n(C(C)=O)c3ccccc23)[C@H]1c1ccccc1. The van der Waals surface area contributed by atoms with Crippen molar-refractivity contribution >= 4 is 22.8 Å². The highest BCUT2D eigenvalue weighted by molar-refractivity contribution is 5.98. The van der Waals surface area contributed by atoms with Crippen LogP contribution in [0.15, 0.2) is 96.7 Å². The number of methoxy groups -OCH3 is 1. The number of hydrogen-bond donors (Lipinski definition) is 0. The zero-order valence-corrected chi connectivity index (χ0v) is 20.0. The van der Waals surface area contributed by atoms with Crippen LogP contribution in [0.2, 0.25) is 0 Å². The molecule has 0 bridgehead atoms. The summed E-state index contributed by atoms with van der Waals surface area (Å²) in [5.41, 5.74) is 5.43. The van der Waals surface area contributed by atoms with Crippen LogP contribution in [0.25, 0.3) is 10.9 Å². The Balaban J connectivity index is 1.79. The van der Waals surface area contributed by atoms with Crippen LogP contribution in [0.1, 0.15) is 40.0 Å². The maximum Gasteiger partial charge on any atom is 0.336 e. The second kappa shape index (κ2) is 9.63. The van der Waals surface area contributed by atoms with E-state index >= 15 is 0 Å². The minimum atomic E-state index is -0.450. The van der Waals surface area contributed by atoms with Crippen molar-refractivity contribution in [3.63, 3.8) is 0 Å². The van der Waals surface area contributed by atoms with E-state index in [9.17, 15) is 9.59 Å². The first-order valence-electron chi connectivity index (χ1n) is 11.8. The molecule has 0 N–H and O–H groups in total. The number of fused-ring (bicyclic) bond motifs is 3. The Hall–Kier alpha value is -4.12. The van der Waals surface area contributed by atoms with Gasteiger partial charge in [-0.15, -0.1) is 0 Å². The van der Waals surface area contributed by atoms with Gasteiger partial charge in [0.05, 0.1) is 24.1 Å². The summed E-state index contributed by atoms with van der Waals surface area (Å²) in [7, 11) is 1.41. The van der Waals surface area contributed by atoms with E-state index in [0.717, 1.165) is 39.7 Å². The average molecular weight is 465 g/mol. The summed E-state index contributed by atoms with van der Waals surface area (Å²) in [5.74, 6) is -0.923. The van der Waals surface area contributed by atoms with Gasteiger partial charge in [0.15, 0.2) is 0 Å². The molecule has 0 unspecified atom stereocenters. The van der Waals surface area contributed by atoms with Gasteiger partial charge in [0, 0.05) is 37.3 Å². The van der Waals surface area contributed by atoms with Gasteiger partial charge in [-0.2, -0.15) is 0 Å². The highest BCUT2D eigenvalue weighted by Crippen LogP contribution is 2.41. The lowest BCUT2D eigenvalue weighted by Gasteiger charge is -2.30. The van der Waals surface area contributed by atoms with Crippen molar-refractivity contribution < 1.29 is 14.3 Å². The first-order chi connectivity index (χ1) is 17.1. The van der Waals surface area contributed by atoms with Crippen molar-refractivity contribution in [2.45, 2.75) is 25.8 Å². The molecule has 2 heterocycles. The molecule has 4 aromatic rings. The first-order valence-corrected chi connectivity index (χ1v) is 11.8. The van der Waals surface area contributed by atoms with E-state index < -0.39 is 11.9 Å². The Kier molecular flexibility index (Phi) is 6.23. The lowest BCUT2D eigenvalue weighted by molar-refractivity contribution is -0.136. The van der Waals surface area contributed by atoms with E-state index in [4.69, 9.17) is 4.74 Å². The number of para-hydroxylation sites is 1. The third-order valence-corrected chi connectivity index (χ3v) is 6.67. The van der Waals surface area contributed by atoms with Gasteiger partial charge in [0.2, 0.25) is 5.91 Å². The maximum absolute atomic E-state index is 13.3. The van der Waals surface area contributed by atoms with Gasteiger partial charge in [-0.3, -0.25) is 9.36 Å². The molecule has 0 fully saturated rings. The summed E-state index contributed by atoms with van der Waals surface area (Å²) in [6.07, 6.45) is 2.68. The standard InChI is InChI=1S/C30H28N2O3/c1-21(33)32-27-16-10-9-15-24(27)25-17-18-31(19-22-11-5-3-6-12-22)20-26(30(34)35-2)28(29(25)32)23-13-7-4-8-14-23/h3-16,20,28H,17-19H2,1-2H3/b26-20+/t28-/m0/s1. The molecule has 1 atom stereocenters. The van der Waals surface area contributed by atoms with Gasteiger partial charge in [-0.25, -0.2) is 4.79 Å². The number of esters is 1. The smallest absolute Gasteiger partial charge is 0.336 e. The van der Waals surface area contributed by atoms with Crippen LogP contribution in [0.4, 0.5) is 0 Å².